The molecule has 0 spiro atoms. The van der Waals surface area contributed by atoms with Crippen LogP contribution in [0.15, 0.2) is 0 Å². The Labute approximate surface area is 556 Å². The van der Waals surface area contributed by atoms with Crippen LogP contribution in [0.2, 0.25) is 0 Å². The molecule has 0 aliphatic rings. The third-order valence-electron chi connectivity index (χ3n) is 16.7. The summed E-state index contributed by atoms with van der Waals surface area (Å²) in [5.41, 5.74) is 0. The fourth-order valence-corrected chi connectivity index (χ4v) is 12.5. The number of phosphoric ester groups is 2. The van der Waals surface area contributed by atoms with Crippen LogP contribution < -0.4 is 0 Å². The number of aliphatic hydroxyl groups is 1. The molecule has 0 rings (SSSR count). The highest BCUT2D eigenvalue weighted by Crippen LogP contribution is 2.45. The third kappa shape index (κ3) is 66.5. The molecule has 0 fully saturated rings. The van der Waals surface area contributed by atoms with Crippen LogP contribution >= 0.6 is 15.6 Å². The van der Waals surface area contributed by atoms with E-state index in [1.54, 1.807) is 0 Å². The lowest BCUT2D eigenvalue weighted by molar-refractivity contribution is -0.161. The highest BCUT2D eigenvalue weighted by molar-refractivity contribution is 7.47. The molecule has 540 valence electrons. The number of carbonyl (C=O) groups is 4. The highest BCUT2D eigenvalue weighted by atomic mass is 31.2. The van der Waals surface area contributed by atoms with Gasteiger partial charge in [0.25, 0.3) is 0 Å². The molecule has 19 heteroatoms. The van der Waals surface area contributed by atoms with Crippen LogP contribution in [0.4, 0.5) is 0 Å². The summed E-state index contributed by atoms with van der Waals surface area (Å²) < 4.78 is 68.2. The van der Waals surface area contributed by atoms with Crippen molar-refractivity contribution in [2.24, 2.45) is 11.8 Å². The molecular formula is C72H140O17P2. The Hall–Kier alpha value is -1.94. The normalized spacial score (nSPS) is 14.1. The molecule has 0 aromatic heterocycles. The van der Waals surface area contributed by atoms with Crippen LogP contribution in [0, 0.1) is 11.8 Å². The monoisotopic (exact) mass is 1340 g/mol. The number of rotatable bonds is 71. The number of phosphoric acid groups is 2. The second-order valence-electron chi connectivity index (χ2n) is 26.9. The van der Waals surface area contributed by atoms with Crippen molar-refractivity contribution in [1.29, 1.82) is 0 Å². The standard InChI is InChI=1S/C72H140O17P2/c1-7-9-11-13-15-17-18-28-32-36-43-49-55-70(75)83-60-67(88-71(76)56-50-44-37-33-29-26-24-22-20-19-21-23-25-27-31-34-40-46-52-64(3)4)62-86-90(78,79)84-58-66(73)59-85-91(80,81)87-63-68(89-72(77)57-51-45-39-38-41-47-53-65(5)6)61-82-69(74)54-48-42-35-30-16-14-12-10-8-2/h64-68,73H,7-63H2,1-6H3,(H,78,79)(H,80,81)/t66-,67-,68-/m1/s1. The van der Waals surface area contributed by atoms with Crippen LogP contribution in [-0.2, 0) is 65.4 Å². The van der Waals surface area contributed by atoms with Gasteiger partial charge < -0.3 is 33.8 Å². The van der Waals surface area contributed by atoms with Crippen molar-refractivity contribution in [1.82, 2.24) is 0 Å². The van der Waals surface area contributed by atoms with E-state index in [9.17, 15) is 43.2 Å². The Morgan fingerprint density at radius 2 is 0.505 bits per heavy atom. The van der Waals surface area contributed by atoms with Gasteiger partial charge in [-0.15, -0.1) is 0 Å². The molecule has 0 aliphatic carbocycles. The molecule has 2 unspecified atom stereocenters. The Kier molecular flexibility index (Phi) is 62.7. The third-order valence-corrected chi connectivity index (χ3v) is 18.6. The van der Waals surface area contributed by atoms with Gasteiger partial charge >= 0.3 is 39.5 Å². The zero-order chi connectivity index (χ0) is 67.2. The summed E-state index contributed by atoms with van der Waals surface area (Å²) in [4.78, 5) is 72.5. The Morgan fingerprint density at radius 1 is 0.297 bits per heavy atom. The van der Waals surface area contributed by atoms with Gasteiger partial charge in [0.15, 0.2) is 12.2 Å². The van der Waals surface area contributed by atoms with Crippen LogP contribution in [0.25, 0.3) is 0 Å². The summed E-state index contributed by atoms with van der Waals surface area (Å²) in [6.45, 7) is 9.49. The molecule has 5 atom stereocenters. The molecule has 0 bridgehead atoms. The number of ether oxygens (including phenoxy) is 4. The van der Waals surface area contributed by atoms with Gasteiger partial charge in [0.2, 0.25) is 0 Å². The molecule has 0 aromatic carbocycles. The van der Waals surface area contributed by atoms with Gasteiger partial charge in [-0.1, -0.05) is 318 Å². The van der Waals surface area contributed by atoms with E-state index in [1.807, 2.05) is 0 Å². The van der Waals surface area contributed by atoms with E-state index in [1.165, 1.54) is 186 Å². The Morgan fingerprint density at radius 3 is 0.747 bits per heavy atom. The van der Waals surface area contributed by atoms with Crippen molar-refractivity contribution >= 4 is 39.5 Å². The molecule has 0 heterocycles. The van der Waals surface area contributed by atoms with Gasteiger partial charge in [-0.2, -0.15) is 0 Å². The molecule has 3 N–H and O–H groups in total. The maximum Gasteiger partial charge on any atom is 0.472 e. The van der Waals surface area contributed by atoms with Crippen LogP contribution in [0.3, 0.4) is 0 Å². The number of carbonyl (C=O) groups excluding carboxylic acids is 4. The molecule has 17 nitrogen and oxygen atoms in total. The van der Waals surface area contributed by atoms with Crippen molar-refractivity contribution in [3.63, 3.8) is 0 Å². The molecule has 0 saturated carbocycles. The molecule has 0 aliphatic heterocycles. The van der Waals surface area contributed by atoms with Gasteiger partial charge in [0.1, 0.15) is 19.3 Å². The SMILES string of the molecule is CCCCCCCCCCCCCCC(=O)OC[C@H](COP(=O)(O)OC[C@@H](O)COP(=O)(O)OC[C@@H](COC(=O)CCCCCCCCCCC)OC(=O)CCCCCCCCC(C)C)OC(=O)CCCCCCCCCCCCCCCCCCCCC(C)C. The Balaban J connectivity index is 5.15. The number of hydrogen-bond acceptors (Lipinski definition) is 15. The number of esters is 4. The van der Waals surface area contributed by atoms with Crippen molar-refractivity contribution in [3.05, 3.63) is 0 Å². The van der Waals surface area contributed by atoms with Crippen molar-refractivity contribution in [2.75, 3.05) is 39.6 Å². The van der Waals surface area contributed by atoms with Gasteiger partial charge in [0, 0.05) is 25.7 Å². The zero-order valence-corrected chi connectivity index (χ0v) is 60.9. The summed E-state index contributed by atoms with van der Waals surface area (Å²) in [5.74, 6) is -0.637. The van der Waals surface area contributed by atoms with E-state index in [-0.39, 0.29) is 25.7 Å². The van der Waals surface area contributed by atoms with Gasteiger partial charge in [-0.05, 0) is 37.5 Å². The highest BCUT2D eigenvalue weighted by Gasteiger charge is 2.30. The molecule has 0 amide bonds. The Bertz CT molecular complexity index is 1770. The first-order chi connectivity index (χ1) is 43.9. The zero-order valence-electron chi connectivity index (χ0n) is 59.1. The van der Waals surface area contributed by atoms with E-state index >= 15 is 0 Å². The summed E-state index contributed by atoms with van der Waals surface area (Å²) in [7, 11) is -9.90. The number of unbranched alkanes of at least 4 members (excludes halogenated alkanes) is 41. The molecule has 91 heavy (non-hydrogen) atoms. The summed E-state index contributed by atoms with van der Waals surface area (Å²) >= 11 is 0. The minimum atomic E-state index is -4.95. The average molecular weight is 1340 g/mol. The maximum absolute atomic E-state index is 13.0. The first-order valence-corrected chi connectivity index (χ1v) is 40.5. The summed E-state index contributed by atoms with van der Waals surface area (Å²) in [5, 5.41) is 10.6. The first-order valence-electron chi connectivity index (χ1n) is 37.5. The molecule has 0 saturated heterocycles. The summed E-state index contributed by atoms with van der Waals surface area (Å²) in [6, 6.07) is 0. The molecular weight excluding hydrogens is 1200 g/mol. The summed E-state index contributed by atoms with van der Waals surface area (Å²) in [6.07, 6.45) is 50.2. The van der Waals surface area contributed by atoms with Crippen LogP contribution in [0.1, 0.15) is 369 Å². The van der Waals surface area contributed by atoms with E-state index in [0.717, 1.165) is 95.8 Å². The second kappa shape index (κ2) is 64.1. The van der Waals surface area contributed by atoms with Gasteiger partial charge in [-0.3, -0.25) is 37.3 Å². The lowest BCUT2D eigenvalue weighted by Gasteiger charge is -2.21. The minimum Gasteiger partial charge on any atom is -0.462 e. The van der Waals surface area contributed by atoms with Gasteiger partial charge in [0.05, 0.1) is 26.4 Å². The van der Waals surface area contributed by atoms with Crippen LogP contribution in [0.5, 0.6) is 0 Å². The quantitative estimate of drug-likeness (QED) is 0.0222. The number of hydrogen-bond donors (Lipinski definition) is 3. The van der Waals surface area contributed by atoms with Crippen LogP contribution in [-0.4, -0.2) is 96.7 Å². The molecule has 0 aromatic rings. The van der Waals surface area contributed by atoms with E-state index < -0.39 is 97.5 Å². The fraction of sp³-hybridized carbons (Fsp3) is 0.944. The van der Waals surface area contributed by atoms with Crippen molar-refractivity contribution < 1.29 is 80.2 Å². The maximum atomic E-state index is 13.0. The largest absolute Gasteiger partial charge is 0.472 e. The van der Waals surface area contributed by atoms with E-state index in [2.05, 4.69) is 41.5 Å². The van der Waals surface area contributed by atoms with E-state index in [4.69, 9.17) is 37.0 Å². The predicted molar refractivity (Wildman–Crippen MR) is 368 cm³/mol. The smallest absolute Gasteiger partial charge is 0.462 e. The topological polar surface area (TPSA) is 237 Å². The first kappa shape index (κ1) is 89.1. The lowest BCUT2D eigenvalue weighted by atomic mass is 10.0. The lowest BCUT2D eigenvalue weighted by Crippen LogP contribution is -2.30. The van der Waals surface area contributed by atoms with Crippen molar-refractivity contribution in [2.45, 2.75) is 387 Å². The number of aliphatic hydroxyl groups excluding tert-OH is 1. The minimum absolute atomic E-state index is 0.102. The fourth-order valence-electron chi connectivity index (χ4n) is 10.9. The van der Waals surface area contributed by atoms with Crippen molar-refractivity contribution in [3.8, 4) is 0 Å². The van der Waals surface area contributed by atoms with Gasteiger partial charge in [-0.25, -0.2) is 9.13 Å². The predicted octanol–water partition coefficient (Wildman–Crippen LogP) is 20.8. The second-order valence-corrected chi connectivity index (χ2v) is 29.8. The van der Waals surface area contributed by atoms with E-state index in [0.29, 0.717) is 31.6 Å². The molecule has 0 radical (unpaired) electrons. The average Bonchev–Trinajstić information content (AvgIpc) is 2.99.